The predicted molar refractivity (Wildman–Crippen MR) is 132 cm³/mol. The Hall–Kier alpha value is -2.51. The van der Waals surface area contributed by atoms with E-state index in [-0.39, 0.29) is 11.3 Å². The molecule has 6 nitrogen and oxygen atoms in total. The van der Waals surface area contributed by atoms with Crippen molar-refractivity contribution in [3.05, 3.63) is 56.7 Å². The summed E-state index contributed by atoms with van der Waals surface area (Å²) in [4.78, 5) is 14.8. The Morgan fingerprint density at radius 1 is 1.34 bits per heavy atom. The average molecular weight is 519 g/mol. The summed E-state index contributed by atoms with van der Waals surface area (Å²) < 4.78 is 11.8. The highest BCUT2D eigenvalue weighted by Crippen LogP contribution is 2.44. The zero-order valence-electron chi connectivity index (χ0n) is 18.6. The highest BCUT2D eigenvalue weighted by molar-refractivity contribution is 9.10. The van der Waals surface area contributed by atoms with Crippen LogP contribution in [0.1, 0.15) is 54.8 Å². The Kier molecular flexibility index (Phi) is 5.98. The maximum Gasteiger partial charge on any atom is 0.307 e. The lowest BCUT2D eigenvalue weighted by molar-refractivity contribution is 0.0929. The number of hydrazone groups is 1. The van der Waals surface area contributed by atoms with Crippen LogP contribution in [-0.4, -0.2) is 31.8 Å². The van der Waals surface area contributed by atoms with Crippen molar-refractivity contribution in [2.24, 2.45) is 5.10 Å². The van der Waals surface area contributed by atoms with Gasteiger partial charge in [-0.15, -0.1) is 0 Å². The molecule has 1 aliphatic rings. The first kappa shape index (κ1) is 22.7. The fraction of sp³-hybridized carbons (Fsp3) is 0.333. The lowest BCUT2D eigenvalue weighted by Gasteiger charge is -2.45. The Balaban J connectivity index is 1.55. The summed E-state index contributed by atoms with van der Waals surface area (Å²) in [6.07, 6.45) is 2.60. The number of carbonyl (C=O) groups is 1. The van der Waals surface area contributed by atoms with Crippen LogP contribution in [0.15, 0.2) is 44.3 Å². The van der Waals surface area contributed by atoms with Crippen molar-refractivity contribution in [3.8, 4) is 5.75 Å². The number of methoxy groups -OCH3 is 1. The van der Waals surface area contributed by atoms with Gasteiger partial charge in [-0.1, -0.05) is 34.5 Å². The molecule has 8 heteroatoms. The van der Waals surface area contributed by atoms with Gasteiger partial charge in [0.15, 0.2) is 17.1 Å². The van der Waals surface area contributed by atoms with Crippen molar-refractivity contribution in [1.82, 2.24) is 5.43 Å². The molecule has 1 aliphatic heterocycles. The summed E-state index contributed by atoms with van der Waals surface area (Å²) in [5.41, 5.74) is 6.18. The summed E-state index contributed by atoms with van der Waals surface area (Å²) in [6, 6.07) is 9.31. The molecule has 1 aromatic heterocycles. The van der Waals surface area contributed by atoms with Crippen LogP contribution in [0.5, 0.6) is 5.75 Å². The normalized spacial score (nSPS) is 17.6. The van der Waals surface area contributed by atoms with E-state index in [4.69, 9.17) is 20.8 Å². The summed E-state index contributed by atoms with van der Waals surface area (Å²) in [6.45, 7) is 6.69. The Bertz CT molecular complexity index is 1230. The van der Waals surface area contributed by atoms with E-state index in [1.807, 2.05) is 18.2 Å². The molecule has 1 amide bonds. The van der Waals surface area contributed by atoms with Crippen LogP contribution in [0.25, 0.3) is 11.0 Å². The van der Waals surface area contributed by atoms with Gasteiger partial charge in [0.1, 0.15) is 0 Å². The summed E-state index contributed by atoms with van der Waals surface area (Å²) in [5.74, 6) is 0.613. The second-order valence-corrected chi connectivity index (χ2v) is 10.1. The average Bonchev–Trinajstić information content (AvgIpc) is 3.16. The van der Waals surface area contributed by atoms with E-state index >= 15 is 0 Å². The number of anilines is 1. The van der Waals surface area contributed by atoms with Gasteiger partial charge in [-0.2, -0.15) is 5.10 Å². The van der Waals surface area contributed by atoms with Crippen LogP contribution in [-0.2, 0) is 0 Å². The number of hydrogen-bond donors (Lipinski definition) is 1. The van der Waals surface area contributed by atoms with E-state index in [2.05, 4.69) is 59.2 Å². The van der Waals surface area contributed by atoms with Crippen LogP contribution in [0, 0.1) is 0 Å². The van der Waals surface area contributed by atoms with Crippen molar-refractivity contribution < 1.29 is 13.9 Å². The van der Waals surface area contributed by atoms with Crippen LogP contribution >= 0.6 is 27.5 Å². The van der Waals surface area contributed by atoms with Crippen molar-refractivity contribution in [1.29, 1.82) is 0 Å². The first-order valence-electron chi connectivity index (χ1n) is 10.3. The minimum absolute atomic E-state index is 0.0597. The number of rotatable bonds is 4. The zero-order chi connectivity index (χ0) is 23.2. The van der Waals surface area contributed by atoms with Gasteiger partial charge >= 0.3 is 5.91 Å². The van der Waals surface area contributed by atoms with Gasteiger partial charge in [0.05, 0.1) is 18.3 Å². The SMILES string of the molecule is COc1cc(Br)cc2cc(C(=O)N/N=C\c3cc4c(cc3Cl)N(C)C(C)(C)C[C@@H]4C)oc12. The molecule has 2 heterocycles. The number of amides is 1. The fourth-order valence-electron chi connectivity index (χ4n) is 4.27. The van der Waals surface area contributed by atoms with Crippen molar-refractivity contribution in [3.63, 3.8) is 0 Å². The maximum absolute atomic E-state index is 12.6. The minimum Gasteiger partial charge on any atom is -0.493 e. The highest BCUT2D eigenvalue weighted by atomic mass is 79.9. The van der Waals surface area contributed by atoms with Crippen LogP contribution in [0.4, 0.5) is 5.69 Å². The van der Waals surface area contributed by atoms with Gasteiger partial charge < -0.3 is 14.1 Å². The molecule has 0 spiro atoms. The third-order valence-electron chi connectivity index (χ3n) is 6.11. The van der Waals surface area contributed by atoms with Gasteiger partial charge in [0.2, 0.25) is 0 Å². The first-order valence-corrected chi connectivity index (χ1v) is 11.5. The minimum atomic E-state index is -0.459. The van der Waals surface area contributed by atoms with Crippen LogP contribution < -0.4 is 15.1 Å². The number of furan rings is 1. The molecule has 0 radical (unpaired) electrons. The number of fused-ring (bicyclic) bond motifs is 2. The number of carbonyl (C=O) groups excluding carboxylic acids is 1. The Labute approximate surface area is 200 Å². The van der Waals surface area contributed by atoms with Gasteiger partial charge in [-0.3, -0.25) is 4.79 Å². The van der Waals surface area contributed by atoms with Gasteiger partial charge in [-0.25, -0.2) is 5.43 Å². The Morgan fingerprint density at radius 3 is 2.81 bits per heavy atom. The number of ether oxygens (including phenoxy) is 1. The van der Waals surface area contributed by atoms with Crippen LogP contribution in [0.3, 0.4) is 0 Å². The third kappa shape index (κ3) is 4.11. The summed E-state index contributed by atoms with van der Waals surface area (Å²) in [5, 5.41) is 5.44. The standard InChI is InChI=1S/C24H25BrClN3O3/c1-13-11-24(2,3)29(4)19-10-18(26)15(7-17(13)19)12-27-28-23(30)21-8-14-6-16(25)9-20(31-5)22(14)32-21/h6-10,12-13H,11H2,1-5H3,(H,28,30)/b27-12-/t13-/m0/s1. The number of nitrogens with zero attached hydrogens (tertiary/aromatic N) is 2. The molecular weight excluding hydrogens is 494 g/mol. The van der Waals surface area contributed by atoms with E-state index in [1.165, 1.54) is 5.56 Å². The smallest absolute Gasteiger partial charge is 0.307 e. The number of benzene rings is 2. The maximum atomic E-state index is 12.6. The topological polar surface area (TPSA) is 67.1 Å². The second kappa shape index (κ2) is 8.45. The van der Waals surface area contributed by atoms with Crippen molar-refractivity contribution in [2.45, 2.75) is 38.6 Å². The van der Waals surface area contributed by atoms with E-state index in [0.29, 0.717) is 22.3 Å². The van der Waals surface area contributed by atoms with Crippen molar-refractivity contribution in [2.75, 3.05) is 19.1 Å². The molecule has 0 aliphatic carbocycles. The molecule has 0 bridgehead atoms. The fourth-order valence-corrected chi connectivity index (χ4v) is 4.93. The quantitative estimate of drug-likeness (QED) is 0.323. The highest BCUT2D eigenvalue weighted by Gasteiger charge is 2.34. The van der Waals surface area contributed by atoms with E-state index < -0.39 is 5.91 Å². The molecule has 0 fully saturated rings. The largest absolute Gasteiger partial charge is 0.493 e. The summed E-state index contributed by atoms with van der Waals surface area (Å²) in [7, 11) is 3.64. The lowest BCUT2D eigenvalue weighted by Crippen LogP contribution is -2.45. The molecule has 3 aromatic rings. The van der Waals surface area contributed by atoms with Gasteiger partial charge in [0, 0.05) is 33.7 Å². The molecule has 168 valence electrons. The Morgan fingerprint density at radius 2 is 2.09 bits per heavy atom. The number of nitrogens with one attached hydrogen (secondary N) is 1. The summed E-state index contributed by atoms with van der Waals surface area (Å²) >= 11 is 9.96. The number of halogens is 2. The van der Waals surface area contributed by atoms with Gasteiger partial charge in [0.25, 0.3) is 0 Å². The number of hydrogen-bond acceptors (Lipinski definition) is 5. The van der Waals surface area contributed by atoms with Gasteiger partial charge in [-0.05, 0) is 62.1 Å². The molecule has 0 saturated heterocycles. The molecule has 4 rings (SSSR count). The molecular formula is C24H25BrClN3O3. The predicted octanol–water partition coefficient (Wildman–Crippen LogP) is 6.34. The van der Waals surface area contributed by atoms with Crippen molar-refractivity contribution >= 4 is 56.3 Å². The molecule has 0 unspecified atom stereocenters. The van der Waals surface area contributed by atoms with E-state index in [0.717, 1.165) is 27.5 Å². The molecule has 0 saturated carbocycles. The van der Waals surface area contributed by atoms with E-state index in [1.54, 1.807) is 25.5 Å². The first-order chi connectivity index (χ1) is 15.1. The molecule has 1 atom stereocenters. The third-order valence-corrected chi connectivity index (χ3v) is 6.90. The molecule has 2 aromatic carbocycles. The zero-order valence-corrected chi connectivity index (χ0v) is 21.0. The van der Waals surface area contributed by atoms with E-state index in [9.17, 15) is 4.79 Å². The second-order valence-electron chi connectivity index (χ2n) is 8.75. The molecule has 1 N–H and O–H groups in total. The van der Waals surface area contributed by atoms with Crippen LogP contribution in [0.2, 0.25) is 5.02 Å². The lowest BCUT2D eigenvalue weighted by atomic mass is 9.80. The molecule has 32 heavy (non-hydrogen) atoms. The monoisotopic (exact) mass is 517 g/mol.